The summed E-state index contributed by atoms with van der Waals surface area (Å²) in [6.07, 6.45) is 5.42. The topological polar surface area (TPSA) is 64.3 Å². The molecule has 7 heteroatoms. The fraction of sp³-hybridized carbons (Fsp3) is 0.167. The van der Waals surface area contributed by atoms with E-state index >= 15 is 0 Å². The van der Waals surface area contributed by atoms with Crippen LogP contribution in [0.5, 0.6) is 0 Å². The Hall–Kier alpha value is -2.28. The van der Waals surface area contributed by atoms with Gasteiger partial charge in [-0.3, -0.25) is 19.3 Å². The zero-order chi connectivity index (χ0) is 13.1. The molecule has 0 amide bonds. The number of nitrogens with zero attached hydrogens (tertiary/aromatic N) is 5. The van der Waals surface area contributed by atoms with Crippen LogP contribution in [0, 0.1) is 4.77 Å². The van der Waals surface area contributed by atoms with E-state index in [9.17, 15) is 0 Å². The van der Waals surface area contributed by atoms with Crippen LogP contribution in [0.1, 0.15) is 0 Å². The number of hydrogen-bond acceptors (Lipinski definition) is 4. The van der Waals surface area contributed by atoms with E-state index in [2.05, 4.69) is 20.3 Å². The molecule has 0 bridgehead atoms. The lowest BCUT2D eigenvalue weighted by molar-refractivity contribution is 0.532. The summed E-state index contributed by atoms with van der Waals surface area (Å²) in [6, 6.07) is 7.61. The number of hydrogen-bond donors (Lipinski definition) is 1. The number of aromatic amines is 1. The summed E-state index contributed by atoms with van der Waals surface area (Å²) in [5.74, 6) is 0.748. The predicted molar refractivity (Wildman–Crippen MR) is 72.9 cm³/mol. The van der Waals surface area contributed by atoms with Gasteiger partial charge in [-0.2, -0.15) is 10.2 Å². The van der Waals surface area contributed by atoms with Crippen LogP contribution in [-0.2, 0) is 13.1 Å². The molecule has 19 heavy (non-hydrogen) atoms. The first-order chi connectivity index (χ1) is 9.34. The minimum atomic E-state index is 0.591. The zero-order valence-corrected chi connectivity index (χ0v) is 10.9. The number of nitrogens with one attached hydrogen (secondary N) is 1. The lowest BCUT2D eigenvalue weighted by Gasteiger charge is -2.06. The molecular weight excluding hydrogens is 260 g/mol. The molecule has 0 saturated heterocycles. The number of rotatable bonds is 4. The van der Waals surface area contributed by atoms with Crippen molar-refractivity contribution in [3.05, 3.63) is 47.6 Å². The Labute approximate surface area is 114 Å². The Morgan fingerprint density at radius 1 is 1.16 bits per heavy atom. The van der Waals surface area contributed by atoms with Crippen molar-refractivity contribution in [2.24, 2.45) is 0 Å². The Morgan fingerprint density at radius 2 is 2.11 bits per heavy atom. The van der Waals surface area contributed by atoms with Crippen LogP contribution in [0.25, 0.3) is 11.5 Å². The van der Waals surface area contributed by atoms with E-state index in [1.807, 2.05) is 39.7 Å². The summed E-state index contributed by atoms with van der Waals surface area (Å²) in [5.41, 5.74) is 0.801. The molecular formula is C12H12N6S. The summed E-state index contributed by atoms with van der Waals surface area (Å²) in [7, 11) is 0. The largest absolute Gasteiger partial charge is 0.297 e. The molecule has 0 saturated carbocycles. The van der Waals surface area contributed by atoms with Crippen molar-refractivity contribution in [2.45, 2.75) is 13.1 Å². The average Bonchev–Trinajstić information content (AvgIpc) is 3.07. The lowest BCUT2D eigenvalue weighted by Crippen LogP contribution is -2.09. The van der Waals surface area contributed by atoms with Gasteiger partial charge in [0.25, 0.3) is 0 Å². The first-order valence-corrected chi connectivity index (χ1v) is 6.29. The van der Waals surface area contributed by atoms with E-state index in [4.69, 9.17) is 12.2 Å². The molecule has 3 aromatic rings. The Bertz CT molecular complexity index is 697. The molecule has 0 atom stereocenters. The van der Waals surface area contributed by atoms with Gasteiger partial charge in [0.15, 0.2) is 10.6 Å². The van der Waals surface area contributed by atoms with Crippen molar-refractivity contribution in [1.82, 2.24) is 29.5 Å². The van der Waals surface area contributed by atoms with E-state index in [0.29, 0.717) is 11.3 Å². The third-order valence-electron chi connectivity index (χ3n) is 2.76. The molecule has 0 fully saturated rings. The lowest BCUT2D eigenvalue weighted by atomic mass is 10.3. The van der Waals surface area contributed by atoms with Crippen LogP contribution in [0.4, 0.5) is 0 Å². The molecule has 0 unspecified atom stereocenters. The summed E-state index contributed by atoms with van der Waals surface area (Å²) >= 11 is 5.26. The molecule has 1 N–H and O–H groups in total. The summed E-state index contributed by atoms with van der Waals surface area (Å²) in [6.45, 7) is 1.43. The second kappa shape index (κ2) is 5.15. The molecule has 0 aromatic carbocycles. The summed E-state index contributed by atoms with van der Waals surface area (Å²) < 4.78 is 4.38. The highest BCUT2D eigenvalue weighted by Crippen LogP contribution is 2.13. The zero-order valence-electron chi connectivity index (χ0n) is 10.1. The maximum Gasteiger partial charge on any atom is 0.195 e. The van der Waals surface area contributed by atoms with Crippen molar-refractivity contribution in [3.8, 4) is 11.5 Å². The second-order valence-electron chi connectivity index (χ2n) is 3.99. The van der Waals surface area contributed by atoms with Crippen molar-refractivity contribution >= 4 is 12.2 Å². The number of pyridine rings is 1. The second-order valence-corrected chi connectivity index (χ2v) is 4.37. The smallest absolute Gasteiger partial charge is 0.195 e. The molecule has 0 aliphatic rings. The van der Waals surface area contributed by atoms with Gasteiger partial charge in [0.2, 0.25) is 0 Å². The average molecular weight is 272 g/mol. The molecule has 96 valence electrons. The summed E-state index contributed by atoms with van der Waals surface area (Å²) in [4.78, 5) is 4.30. The molecule has 3 aromatic heterocycles. The standard InChI is InChI=1S/C12H12N6S/c19-12-16-15-11(10-4-1-2-5-13-10)18(12)9-8-17-7-3-6-14-17/h1-7H,8-9H2,(H,16,19). The van der Waals surface area contributed by atoms with Gasteiger partial charge >= 0.3 is 0 Å². The Kier molecular flexibility index (Phi) is 3.20. The van der Waals surface area contributed by atoms with Gasteiger partial charge in [0.05, 0.1) is 6.54 Å². The highest BCUT2D eigenvalue weighted by atomic mass is 32.1. The minimum absolute atomic E-state index is 0.591. The predicted octanol–water partition coefficient (Wildman–Crippen LogP) is 1.90. The van der Waals surface area contributed by atoms with Crippen LogP contribution in [-0.4, -0.2) is 29.5 Å². The highest BCUT2D eigenvalue weighted by molar-refractivity contribution is 7.71. The van der Waals surface area contributed by atoms with Gasteiger partial charge in [-0.15, -0.1) is 0 Å². The fourth-order valence-corrected chi connectivity index (χ4v) is 2.07. The Morgan fingerprint density at radius 3 is 2.84 bits per heavy atom. The normalized spacial score (nSPS) is 10.7. The van der Waals surface area contributed by atoms with Crippen molar-refractivity contribution in [2.75, 3.05) is 0 Å². The van der Waals surface area contributed by atoms with Gasteiger partial charge in [-0.1, -0.05) is 6.07 Å². The van der Waals surface area contributed by atoms with Gasteiger partial charge in [0.1, 0.15) is 5.69 Å². The number of aromatic nitrogens is 6. The van der Waals surface area contributed by atoms with E-state index in [0.717, 1.165) is 18.1 Å². The first kappa shape index (κ1) is 11.8. The minimum Gasteiger partial charge on any atom is -0.297 e. The monoisotopic (exact) mass is 272 g/mol. The molecule has 0 spiro atoms. The molecule has 6 nitrogen and oxygen atoms in total. The number of H-pyrrole nitrogens is 1. The van der Waals surface area contributed by atoms with Crippen LogP contribution >= 0.6 is 12.2 Å². The van der Waals surface area contributed by atoms with Crippen LogP contribution < -0.4 is 0 Å². The summed E-state index contributed by atoms with van der Waals surface area (Å²) in [5, 5.41) is 11.2. The quantitative estimate of drug-likeness (QED) is 0.737. The molecule has 0 aliphatic heterocycles. The van der Waals surface area contributed by atoms with Crippen LogP contribution in [0.2, 0.25) is 0 Å². The van der Waals surface area contributed by atoms with Crippen molar-refractivity contribution < 1.29 is 0 Å². The van der Waals surface area contributed by atoms with E-state index < -0.39 is 0 Å². The van der Waals surface area contributed by atoms with Gasteiger partial charge in [-0.25, -0.2) is 0 Å². The third-order valence-corrected chi connectivity index (χ3v) is 3.08. The third kappa shape index (κ3) is 2.45. The van der Waals surface area contributed by atoms with Crippen molar-refractivity contribution in [1.29, 1.82) is 0 Å². The first-order valence-electron chi connectivity index (χ1n) is 5.88. The molecule has 0 radical (unpaired) electrons. The number of aryl methyl sites for hydroxylation is 1. The SMILES string of the molecule is S=c1[nH]nc(-c2ccccn2)n1CCn1cccn1. The van der Waals surface area contributed by atoms with Crippen molar-refractivity contribution in [3.63, 3.8) is 0 Å². The van der Waals surface area contributed by atoms with Crippen LogP contribution in [0.15, 0.2) is 42.9 Å². The molecule has 3 heterocycles. The Balaban J connectivity index is 1.89. The van der Waals surface area contributed by atoms with Gasteiger partial charge in [-0.05, 0) is 30.4 Å². The van der Waals surface area contributed by atoms with Crippen LogP contribution in [0.3, 0.4) is 0 Å². The highest BCUT2D eigenvalue weighted by Gasteiger charge is 2.09. The van der Waals surface area contributed by atoms with Gasteiger partial charge in [0, 0.05) is 25.1 Å². The van der Waals surface area contributed by atoms with E-state index in [1.54, 1.807) is 12.4 Å². The molecule has 0 aliphatic carbocycles. The molecule has 3 rings (SSSR count). The fourth-order valence-electron chi connectivity index (χ4n) is 1.85. The van der Waals surface area contributed by atoms with E-state index in [1.165, 1.54) is 0 Å². The van der Waals surface area contributed by atoms with E-state index in [-0.39, 0.29) is 0 Å². The van der Waals surface area contributed by atoms with Gasteiger partial charge < -0.3 is 0 Å². The maximum atomic E-state index is 5.26. The maximum absolute atomic E-state index is 5.26.